The maximum Gasteiger partial charge on any atom is 0.411 e. The molecule has 0 heterocycles. The summed E-state index contributed by atoms with van der Waals surface area (Å²) in [7, 11) is 2.48. The molecule has 1 N–H and O–H groups in total. The number of nitro groups is 1. The molecule has 1 amide bonds. The first kappa shape index (κ1) is 16.9. The number of rotatable bonds is 4. The maximum atomic E-state index is 11.9. The van der Waals surface area contributed by atoms with E-state index in [4.69, 9.17) is 4.74 Å². The Hall–Kier alpha value is -3.42. The summed E-state index contributed by atoms with van der Waals surface area (Å²) in [5.74, 6) is -0.600. The number of esters is 1. The smallest absolute Gasteiger partial charge is 0.411 e. The van der Waals surface area contributed by atoms with Crippen LogP contribution in [-0.4, -0.2) is 31.2 Å². The molecule has 0 saturated heterocycles. The Labute approximate surface area is 137 Å². The number of nitrogens with zero attached hydrogens (tertiary/aromatic N) is 1. The van der Waals surface area contributed by atoms with Crippen LogP contribution < -0.4 is 5.32 Å². The summed E-state index contributed by atoms with van der Waals surface area (Å²) < 4.78 is 9.20. The van der Waals surface area contributed by atoms with Crippen LogP contribution in [-0.2, 0) is 9.47 Å². The van der Waals surface area contributed by atoms with E-state index in [1.807, 2.05) is 0 Å². The minimum Gasteiger partial charge on any atom is -0.465 e. The monoisotopic (exact) mass is 330 g/mol. The molecule has 0 aliphatic carbocycles. The third-order valence-corrected chi connectivity index (χ3v) is 3.25. The molecule has 0 aromatic heterocycles. The highest BCUT2D eigenvalue weighted by Crippen LogP contribution is 2.29. The van der Waals surface area contributed by atoms with E-state index in [1.54, 1.807) is 24.3 Å². The Morgan fingerprint density at radius 1 is 1.04 bits per heavy atom. The molecule has 24 heavy (non-hydrogen) atoms. The Bertz CT molecular complexity index is 786. The summed E-state index contributed by atoms with van der Waals surface area (Å²) in [5, 5.41) is 13.5. The first-order chi connectivity index (χ1) is 11.5. The Balaban J connectivity index is 2.45. The summed E-state index contributed by atoms with van der Waals surface area (Å²) in [6, 6.07) is 10.3. The Morgan fingerprint density at radius 2 is 1.71 bits per heavy atom. The number of methoxy groups -OCH3 is 2. The van der Waals surface area contributed by atoms with Crippen molar-refractivity contribution in [3.63, 3.8) is 0 Å². The fourth-order valence-electron chi connectivity index (χ4n) is 2.07. The predicted molar refractivity (Wildman–Crippen MR) is 85.9 cm³/mol. The highest BCUT2D eigenvalue weighted by atomic mass is 16.6. The summed E-state index contributed by atoms with van der Waals surface area (Å²) >= 11 is 0. The van der Waals surface area contributed by atoms with Gasteiger partial charge in [-0.1, -0.05) is 12.1 Å². The van der Waals surface area contributed by atoms with Crippen molar-refractivity contribution >= 4 is 23.4 Å². The molecule has 0 saturated carbocycles. The van der Waals surface area contributed by atoms with Crippen molar-refractivity contribution in [2.75, 3.05) is 19.5 Å². The molecular weight excluding hydrogens is 316 g/mol. The third-order valence-electron chi connectivity index (χ3n) is 3.25. The van der Waals surface area contributed by atoms with Crippen LogP contribution in [0, 0.1) is 10.1 Å². The van der Waals surface area contributed by atoms with Gasteiger partial charge in [0.15, 0.2) is 0 Å². The van der Waals surface area contributed by atoms with Gasteiger partial charge < -0.3 is 9.47 Å². The molecule has 0 radical (unpaired) electrons. The second kappa shape index (κ2) is 7.23. The Morgan fingerprint density at radius 3 is 2.25 bits per heavy atom. The van der Waals surface area contributed by atoms with Gasteiger partial charge in [0.05, 0.1) is 24.7 Å². The van der Waals surface area contributed by atoms with E-state index in [2.05, 4.69) is 10.1 Å². The van der Waals surface area contributed by atoms with Gasteiger partial charge in [0.2, 0.25) is 0 Å². The van der Waals surface area contributed by atoms with Gasteiger partial charge in [-0.15, -0.1) is 0 Å². The number of amides is 1. The molecule has 8 heteroatoms. The number of hydrogen-bond acceptors (Lipinski definition) is 6. The minimum atomic E-state index is -0.617. The van der Waals surface area contributed by atoms with Crippen LogP contribution in [0.2, 0.25) is 0 Å². The molecule has 2 rings (SSSR count). The topological polar surface area (TPSA) is 108 Å². The molecule has 0 aliphatic rings. The second-order valence-corrected chi connectivity index (χ2v) is 4.67. The average Bonchev–Trinajstić information content (AvgIpc) is 2.61. The van der Waals surface area contributed by atoms with E-state index in [0.29, 0.717) is 16.8 Å². The van der Waals surface area contributed by atoms with Gasteiger partial charge in [-0.25, -0.2) is 9.59 Å². The van der Waals surface area contributed by atoms with E-state index in [1.165, 1.54) is 32.4 Å². The van der Waals surface area contributed by atoms with Crippen LogP contribution in [0.5, 0.6) is 0 Å². The fourth-order valence-corrected chi connectivity index (χ4v) is 2.07. The molecule has 0 unspecified atom stereocenters. The lowest BCUT2D eigenvalue weighted by Crippen LogP contribution is -2.10. The maximum absolute atomic E-state index is 11.9. The van der Waals surface area contributed by atoms with E-state index >= 15 is 0 Å². The van der Waals surface area contributed by atoms with Gasteiger partial charge in [-0.05, 0) is 23.8 Å². The normalized spacial score (nSPS) is 9.92. The minimum absolute atomic E-state index is 0.144. The number of nitrogens with one attached hydrogen (secondary N) is 1. The van der Waals surface area contributed by atoms with Crippen LogP contribution in [0.3, 0.4) is 0 Å². The van der Waals surface area contributed by atoms with E-state index in [9.17, 15) is 19.7 Å². The molecular formula is C16H14N2O6. The van der Waals surface area contributed by atoms with E-state index in [-0.39, 0.29) is 11.3 Å². The molecule has 0 atom stereocenters. The van der Waals surface area contributed by atoms with Crippen LogP contribution in [0.4, 0.5) is 16.2 Å². The zero-order chi connectivity index (χ0) is 17.7. The predicted octanol–water partition coefficient (Wildman–Crippen LogP) is 3.23. The molecule has 0 aliphatic heterocycles. The molecule has 0 spiro atoms. The van der Waals surface area contributed by atoms with Crippen LogP contribution in [0.1, 0.15) is 10.4 Å². The number of benzene rings is 2. The quantitative estimate of drug-likeness (QED) is 0.524. The lowest BCUT2D eigenvalue weighted by molar-refractivity contribution is -0.384. The van der Waals surface area contributed by atoms with Crippen LogP contribution >= 0.6 is 0 Å². The van der Waals surface area contributed by atoms with Gasteiger partial charge in [0, 0.05) is 23.4 Å². The number of ether oxygens (including phenoxy) is 2. The summed E-state index contributed by atoms with van der Waals surface area (Å²) in [6.07, 6.45) is -0.617. The first-order valence-corrected chi connectivity index (χ1v) is 6.78. The van der Waals surface area contributed by atoms with Crippen LogP contribution in [0.25, 0.3) is 11.1 Å². The molecule has 124 valence electrons. The molecule has 2 aromatic carbocycles. The van der Waals surface area contributed by atoms with Crippen molar-refractivity contribution in [1.82, 2.24) is 0 Å². The molecule has 8 nitrogen and oxygen atoms in total. The zero-order valence-electron chi connectivity index (χ0n) is 12.9. The molecule has 2 aromatic rings. The van der Waals surface area contributed by atoms with E-state index in [0.717, 1.165) is 0 Å². The highest BCUT2D eigenvalue weighted by molar-refractivity contribution is 5.98. The Kier molecular flexibility index (Phi) is 5.10. The van der Waals surface area contributed by atoms with Gasteiger partial charge in [-0.3, -0.25) is 15.4 Å². The van der Waals surface area contributed by atoms with Crippen molar-refractivity contribution in [3.8, 4) is 11.1 Å². The van der Waals surface area contributed by atoms with Crippen molar-refractivity contribution in [1.29, 1.82) is 0 Å². The van der Waals surface area contributed by atoms with Crippen molar-refractivity contribution in [2.24, 2.45) is 0 Å². The second-order valence-electron chi connectivity index (χ2n) is 4.67. The van der Waals surface area contributed by atoms with Crippen molar-refractivity contribution in [2.45, 2.75) is 0 Å². The largest absolute Gasteiger partial charge is 0.465 e. The fraction of sp³-hybridized carbons (Fsp3) is 0.125. The summed E-state index contributed by atoms with van der Waals surface area (Å²) in [6.45, 7) is 0. The summed E-state index contributed by atoms with van der Waals surface area (Å²) in [5.41, 5.74) is 1.47. The number of carbonyl (C=O) groups is 2. The number of anilines is 1. The van der Waals surface area contributed by atoms with E-state index < -0.39 is 17.0 Å². The van der Waals surface area contributed by atoms with Gasteiger partial charge in [-0.2, -0.15) is 0 Å². The van der Waals surface area contributed by atoms with Gasteiger partial charge in [0.1, 0.15) is 0 Å². The standard InChI is InChI=1S/C16H14N2O6/c1-23-15(19)13-8-7-12(18(21)22)9-14(13)10-3-5-11(6-4-10)17-16(20)24-2/h3-9H,1-2H3,(H,17,20). The summed E-state index contributed by atoms with van der Waals surface area (Å²) in [4.78, 5) is 33.5. The zero-order valence-corrected chi connectivity index (χ0v) is 12.9. The van der Waals surface area contributed by atoms with Gasteiger partial charge in [0.25, 0.3) is 5.69 Å². The van der Waals surface area contributed by atoms with Crippen molar-refractivity contribution in [3.05, 3.63) is 58.1 Å². The highest BCUT2D eigenvalue weighted by Gasteiger charge is 2.17. The third kappa shape index (κ3) is 3.67. The average molecular weight is 330 g/mol. The van der Waals surface area contributed by atoms with Crippen LogP contribution in [0.15, 0.2) is 42.5 Å². The first-order valence-electron chi connectivity index (χ1n) is 6.78. The number of nitro benzene ring substituents is 1. The molecule has 0 bridgehead atoms. The lowest BCUT2D eigenvalue weighted by atomic mass is 9.98. The van der Waals surface area contributed by atoms with Crippen molar-refractivity contribution < 1.29 is 24.0 Å². The number of carbonyl (C=O) groups excluding carboxylic acids is 2. The lowest BCUT2D eigenvalue weighted by Gasteiger charge is -2.09. The number of non-ortho nitro benzene ring substituents is 1. The SMILES string of the molecule is COC(=O)Nc1ccc(-c2cc([N+](=O)[O-])ccc2C(=O)OC)cc1. The van der Waals surface area contributed by atoms with Gasteiger partial charge >= 0.3 is 12.1 Å². The molecule has 0 fully saturated rings. The number of hydrogen-bond donors (Lipinski definition) is 1.